The van der Waals surface area contributed by atoms with E-state index in [1.165, 1.54) is 0 Å². The zero-order chi connectivity index (χ0) is 8.60. The maximum atomic E-state index is 12.0. The first-order chi connectivity index (χ1) is 5.70. The Kier molecular flexibility index (Phi) is 2.04. The van der Waals surface area contributed by atoms with Crippen LogP contribution in [-0.2, 0) is 0 Å². The molecule has 0 saturated carbocycles. The lowest BCUT2D eigenvalue weighted by molar-refractivity contribution is 0.0863. The van der Waals surface area contributed by atoms with Crippen molar-refractivity contribution in [3.8, 4) is 0 Å². The second-order valence-electron chi connectivity index (χ2n) is 3.98. The summed E-state index contributed by atoms with van der Waals surface area (Å²) in [6.07, 6.45) is -1.08. The Labute approximate surface area is 70.9 Å². The van der Waals surface area contributed by atoms with Gasteiger partial charge in [-0.25, -0.2) is 8.78 Å². The van der Waals surface area contributed by atoms with Gasteiger partial charge in [0.2, 0.25) is 0 Å². The molecule has 2 fully saturated rings. The summed E-state index contributed by atoms with van der Waals surface area (Å²) in [4.78, 5) is 1.88. The molecule has 12 heavy (non-hydrogen) atoms. The molecule has 1 N–H and O–H groups in total. The summed E-state index contributed by atoms with van der Waals surface area (Å²) < 4.78 is 24.0. The van der Waals surface area contributed by atoms with Crippen LogP contribution in [0, 0.1) is 5.41 Å². The molecule has 0 bridgehead atoms. The molecule has 0 aromatic carbocycles. The minimum Gasteiger partial charge on any atom is -0.315 e. The van der Waals surface area contributed by atoms with Crippen LogP contribution >= 0.6 is 0 Å². The second kappa shape index (κ2) is 2.92. The van der Waals surface area contributed by atoms with Crippen LogP contribution in [0.25, 0.3) is 0 Å². The van der Waals surface area contributed by atoms with Crippen LogP contribution in [0.1, 0.15) is 6.42 Å². The number of rotatable bonds is 2. The van der Waals surface area contributed by atoms with E-state index in [0.29, 0.717) is 5.41 Å². The molecule has 0 aliphatic carbocycles. The first kappa shape index (κ1) is 8.38. The minimum absolute atomic E-state index is 0.0399. The standard InChI is InChI=1S/C8H14F2N2/c9-7(10)3-12-2-1-8(6-12)4-11-5-8/h7,11H,1-6H2. The van der Waals surface area contributed by atoms with Gasteiger partial charge in [-0.1, -0.05) is 0 Å². The van der Waals surface area contributed by atoms with Crippen LogP contribution in [0.15, 0.2) is 0 Å². The fourth-order valence-corrected chi connectivity index (χ4v) is 2.15. The van der Waals surface area contributed by atoms with E-state index in [-0.39, 0.29) is 6.54 Å². The van der Waals surface area contributed by atoms with Gasteiger partial charge in [0, 0.05) is 25.0 Å². The topological polar surface area (TPSA) is 15.3 Å². The number of hydrogen-bond acceptors (Lipinski definition) is 2. The number of likely N-dealkylation sites (tertiary alicyclic amines) is 1. The zero-order valence-electron chi connectivity index (χ0n) is 7.02. The molecule has 4 heteroatoms. The second-order valence-corrected chi connectivity index (χ2v) is 3.98. The number of alkyl halides is 2. The molecule has 0 radical (unpaired) electrons. The molecule has 1 spiro atoms. The van der Waals surface area contributed by atoms with Crippen LogP contribution in [-0.4, -0.2) is 44.0 Å². The molecular formula is C8H14F2N2. The smallest absolute Gasteiger partial charge is 0.251 e. The molecule has 2 heterocycles. The number of nitrogens with zero attached hydrogens (tertiary/aromatic N) is 1. The predicted molar refractivity (Wildman–Crippen MR) is 42.4 cm³/mol. The van der Waals surface area contributed by atoms with Crippen LogP contribution in [0.5, 0.6) is 0 Å². The summed E-state index contributed by atoms with van der Waals surface area (Å²) in [7, 11) is 0. The Bertz CT molecular complexity index is 168. The number of hydrogen-bond donors (Lipinski definition) is 1. The molecule has 70 valence electrons. The van der Waals surface area contributed by atoms with Gasteiger partial charge in [-0.15, -0.1) is 0 Å². The lowest BCUT2D eigenvalue weighted by atomic mass is 9.81. The van der Waals surface area contributed by atoms with Crippen LogP contribution in [0.4, 0.5) is 8.78 Å². The highest BCUT2D eigenvalue weighted by atomic mass is 19.3. The van der Waals surface area contributed by atoms with E-state index in [1.807, 2.05) is 4.90 Å². The quantitative estimate of drug-likeness (QED) is 0.661. The van der Waals surface area contributed by atoms with Crippen molar-refractivity contribution in [2.45, 2.75) is 12.8 Å². The average molecular weight is 176 g/mol. The minimum atomic E-state index is -2.17. The van der Waals surface area contributed by atoms with E-state index >= 15 is 0 Å². The average Bonchev–Trinajstić information content (AvgIpc) is 2.29. The Morgan fingerprint density at radius 1 is 1.42 bits per heavy atom. The molecule has 2 aliphatic heterocycles. The van der Waals surface area contributed by atoms with E-state index in [0.717, 1.165) is 32.6 Å². The largest absolute Gasteiger partial charge is 0.315 e. The zero-order valence-corrected chi connectivity index (χ0v) is 7.02. The molecule has 0 unspecified atom stereocenters. The molecule has 2 saturated heterocycles. The molecule has 2 nitrogen and oxygen atoms in total. The van der Waals surface area contributed by atoms with Gasteiger partial charge in [-0.05, 0) is 13.0 Å². The summed E-state index contributed by atoms with van der Waals surface area (Å²) in [6, 6.07) is 0. The van der Waals surface area contributed by atoms with Crippen LogP contribution in [0.2, 0.25) is 0 Å². The lowest BCUT2D eigenvalue weighted by Crippen LogP contribution is -2.54. The van der Waals surface area contributed by atoms with E-state index < -0.39 is 6.43 Å². The molecule has 0 atom stereocenters. The third-order valence-electron chi connectivity index (χ3n) is 2.91. The Balaban J connectivity index is 1.81. The van der Waals surface area contributed by atoms with Crippen LogP contribution < -0.4 is 5.32 Å². The highest BCUT2D eigenvalue weighted by molar-refractivity contribution is 4.99. The maximum Gasteiger partial charge on any atom is 0.251 e. The van der Waals surface area contributed by atoms with Crippen molar-refractivity contribution in [1.82, 2.24) is 10.2 Å². The molecule has 2 aliphatic rings. The molecular weight excluding hydrogens is 162 g/mol. The predicted octanol–water partition coefficient (Wildman–Crippen LogP) is 0.547. The van der Waals surface area contributed by atoms with E-state index in [1.54, 1.807) is 0 Å². The van der Waals surface area contributed by atoms with Crippen molar-refractivity contribution in [3.05, 3.63) is 0 Å². The normalized spacial score (nSPS) is 28.2. The number of nitrogens with one attached hydrogen (secondary N) is 1. The van der Waals surface area contributed by atoms with Crippen molar-refractivity contribution in [1.29, 1.82) is 0 Å². The fraction of sp³-hybridized carbons (Fsp3) is 1.00. The van der Waals surface area contributed by atoms with Crippen molar-refractivity contribution in [2.24, 2.45) is 5.41 Å². The van der Waals surface area contributed by atoms with Gasteiger partial charge >= 0.3 is 0 Å². The van der Waals surface area contributed by atoms with E-state index in [9.17, 15) is 8.78 Å². The van der Waals surface area contributed by atoms with Gasteiger partial charge in [0.05, 0.1) is 6.54 Å². The first-order valence-electron chi connectivity index (χ1n) is 4.41. The molecule has 0 aromatic rings. The molecule has 2 rings (SSSR count). The first-order valence-corrected chi connectivity index (χ1v) is 4.41. The number of halogens is 2. The summed E-state index contributed by atoms with van der Waals surface area (Å²) in [5.74, 6) is 0. The van der Waals surface area contributed by atoms with Gasteiger partial charge in [0.1, 0.15) is 0 Å². The van der Waals surface area contributed by atoms with E-state index in [4.69, 9.17) is 0 Å². The Hall–Kier alpha value is -0.220. The summed E-state index contributed by atoms with van der Waals surface area (Å²) in [5, 5.41) is 3.20. The van der Waals surface area contributed by atoms with Gasteiger partial charge in [0.15, 0.2) is 0 Å². The highest BCUT2D eigenvalue weighted by Gasteiger charge is 2.43. The highest BCUT2D eigenvalue weighted by Crippen LogP contribution is 2.33. The van der Waals surface area contributed by atoms with Gasteiger partial charge in [-0.2, -0.15) is 0 Å². The summed E-state index contributed by atoms with van der Waals surface area (Å²) in [5.41, 5.74) is 0.356. The van der Waals surface area contributed by atoms with Gasteiger partial charge < -0.3 is 5.32 Å². The Morgan fingerprint density at radius 2 is 2.17 bits per heavy atom. The summed E-state index contributed by atoms with van der Waals surface area (Å²) in [6.45, 7) is 3.72. The van der Waals surface area contributed by atoms with Crippen molar-refractivity contribution in [2.75, 3.05) is 32.7 Å². The van der Waals surface area contributed by atoms with Gasteiger partial charge in [0.25, 0.3) is 6.43 Å². The summed E-state index contributed by atoms with van der Waals surface area (Å²) >= 11 is 0. The third kappa shape index (κ3) is 1.45. The SMILES string of the molecule is FC(F)CN1CCC2(CNC2)C1. The van der Waals surface area contributed by atoms with E-state index in [2.05, 4.69) is 5.32 Å². The maximum absolute atomic E-state index is 12.0. The monoisotopic (exact) mass is 176 g/mol. The lowest BCUT2D eigenvalue weighted by Gasteiger charge is -2.39. The Morgan fingerprint density at radius 3 is 2.58 bits per heavy atom. The van der Waals surface area contributed by atoms with Crippen molar-refractivity contribution in [3.63, 3.8) is 0 Å². The van der Waals surface area contributed by atoms with Crippen molar-refractivity contribution >= 4 is 0 Å². The van der Waals surface area contributed by atoms with Crippen LogP contribution in [0.3, 0.4) is 0 Å². The fourth-order valence-electron chi connectivity index (χ4n) is 2.15. The third-order valence-corrected chi connectivity index (χ3v) is 2.91. The molecule has 0 aromatic heterocycles. The molecule has 0 amide bonds. The van der Waals surface area contributed by atoms with Gasteiger partial charge in [-0.3, -0.25) is 4.90 Å². The van der Waals surface area contributed by atoms with Crippen molar-refractivity contribution < 1.29 is 8.78 Å².